The van der Waals surface area contributed by atoms with Gasteiger partial charge in [0.2, 0.25) is 11.8 Å². The number of rotatable bonds is 7. The molecule has 156 valence electrons. The van der Waals surface area contributed by atoms with Crippen LogP contribution in [0.1, 0.15) is 25.0 Å². The number of carbonyl (C=O) groups is 3. The average Bonchev–Trinajstić information content (AvgIpc) is 3.35. The standard InChI is InChI=1S/C22H22N2O6/c1-28-15-8-6-14(7-9-15)19-12-16(30-23-19)13-29-20(25)10-11-24-21(26)17-4-2-3-5-18(17)22(24)27/h2-3,6-9,12,17-18H,4-5,10-11,13H2,1H3/t17-,18-/m1/s1. The van der Waals surface area contributed by atoms with Gasteiger partial charge in [-0.25, -0.2) is 0 Å². The van der Waals surface area contributed by atoms with Crippen molar-refractivity contribution in [2.75, 3.05) is 13.7 Å². The van der Waals surface area contributed by atoms with Crippen LogP contribution in [0.25, 0.3) is 11.3 Å². The second-order valence-corrected chi connectivity index (χ2v) is 7.30. The van der Waals surface area contributed by atoms with E-state index in [-0.39, 0.29) is 43.2 Å². The van der Waals surface area contributed by atoms with Gasteiger partial charge in [0.15, 0.2) is 12.4 Å². The Kier molecular flexibility index (Phi) is 5.65. The molecular formula is C22H22N2O6. The molecule has 30 heavy (non-hydrogen) atoms. The van der Waals surface area contributed by atoms with Crippen molar-refractivity contribution in [2.45, 2.75) is 25.9 Å². The zero-order chi connectivity index (χ0) is 21.1. The summed E-state index contributed by atoms with van der Waals surface area (Å²) in [6.07, 6.45) is 4.98. The molecule has 1 aromatic heterocycles. The van der Waals surface area contributed by atoms with E-state index in [9.17, 15) is 14.4 Å². The maximum Gasteiger partial charge on any atom is 0.308 e. The van der Waals surface area contributed by atoms with Crippen molar-refractivity contribution in [3.05, 3.63) is 48.2 Å². The lowest BCUT2D eigenvalue weighted by atomic mass is 9.85. The average molecular weight is 410 g/mol. The molecule has 0 unspecified atom stereocenters. The maximum absolute atomic E-state index is 12.4. The molecule has 2 heterocycles. The Morgan fingerprint density at radius 1 is 1.13 bits per heavy atom. The molecule has 1 fully saturated rings. The fraction of sp³-hybridized carbons (Fsp3) is 0.364. The van der Waals surface area contributed by atoms with E-state index in [0.29, 0.717) is 24.3 Å². The predicted octanol–water partition coefficient (Wildman–Crippen LogP) is 2.73. The molecule has 4 rings (SSSR count). The third-order valence-electron chi connectivity index (χ3n) is 5.46. The smallest absolute Gasteiger partial charge is 0.308 e. The summed E-state index contributed by atoms with van der Waals surface area (Å²) in [5, 5.41) is 3.98. The number of amides is 2. The monoisotopic (exact) mass is 410 g/mol. The first-order valence-electron chi connectivity index (χ1n) is 9.82. The van der Waals surface area contributed by atoms with Crippen LogP contribution in [0, 0.1) is 11.8 Å². The van der Waals surface area contributed by atoms with Crippen molar-refractivity contribution in [3.8, 4) is 17.0 Å². The number of likely N-dealkylation sites (tertiary alicyclic amines) is 1. The number of hydrogen-bond acceptors (Lipinski definition) is 7. The summed E-state index contributed by atoms with van der Waals surface area (Å²) in [5.74, 6) is -0.330. The lowest BCUT2D eigenvalue weighted by Gasteiger charge is -2.14. The zero-order valence-corrected chi connectivity index (χ0v) is 16.6. The van der Waals surface area contributed by atoms with E-state index >= 15 is 0 Å². The van der Waals surface area contributed by atoms with E-state index in [1.807, 2.05) is 36.4 Å². The lowest BCUT2D eigenvalue weighted by Crippen LogP contribution is -2.33. The summed E-state index contributed by atoms with van der Waals surface area (Å²) in [6.45, 7) is -0.0317. The minimum absolute atomic E-state index is 0.0387. The van der Waals surface area contributed by atoms with Gasteiger partial charge in [-0.05, 0) is 37.1 Å². The first-order chi connectivity index (χ1) is 14.6. The highest BCUT2D eigenvalue weighted by molar-refractivity contribution is 6.05. The third-order valence-corrected chi connectivity index (χ3v) is 5.46. The van der Waals surface area contributed by atoms with Crippen molar-refractivity contribution >= 4 is 17.8 Å². The van der Waals surface area contributed by atoms with Gasteiger partial charge in [0.1, 0.15) is 11.4 Å². The quantitative estimate of drug-likeness (QED) is 0.393. The van der Waals surface area contributed by atoms with Crippen molar-refractivity contribution in [3.63, 3.8) is 0 Å². The number of imide groups is 1. The number of benzene rings is 1. The second kappa shape index (κ2) is 8.52. The van der Waals surface area contributed by atoms with Gasteiger partial charge in [-0.1, -0.05) is 17.3 Å². The van der Waals surface area contributed by atoms with Crippen LogP contribution in [0.15, 0.2) is 47.0 Å². The number of allylic oxidation sites excluding steroid dienone is 2. The predicted molar refractivity (Wildman–Crippen MR) is 105 cm³/mol. The summed E-state index contributed by atoms with van der Waals surface area (Å²) < 4.78 is 15.6. The van der Waals surface area contributed by atoms with Gasteiger partial charge >= 0.3 is 5.97 Å². The third kappa shape index (κ3) is 3.98. The minimum Gasteiger partial charge on any atom is -0.497 e. The van der Waals surface area contributed by atoms with Crippen molar-refractivity contribution in [1.29, 1.82) is 0 Å². The molecule has 1 aromatic carbocycles. The number of methoxy groups -OCH3 is 1. The normalized spacial score (nSPS) is 20.4. The Labute approximate surface area is 173 Å². The summed E-state index contributed by atoms with van der Waals surface area (Å²) in [7, 11) is 1.59. The molecule has 0 radical (unpaired) electrons. The molecule has 2 amide bonds. The Morgan fingerprint density at radius 3 is 2.43 bits per heavy atom. The van der Waals surface area contributed by atoms with E-state index in [1.165, 1.54) is 4.90 Å². The Bertz CT molecular complexity index is 952. The maximum atomic E-state index is 12.4. The number of ether oxygens (including phenoxy) is 2. The zero-order valence-electron chi connectivity index (χ0n) is 16.6. The lowest BCUT2D eigenvalue weighted by molar-refractivity contribution is -0.147. The van der Waals surface area contributed by atoms with E-state index in [2.05, 4.69) is 5.16 Å². The Balaban J connectivity index is 1.27. The van der Waals surface area contributed by atoms with Crippen molar-refractivity contribution < 1.29 is 28.4 Å². The van der Waals surface area contributed by atoms with Crippen LogP contribution in [0.2, 0.25) is 0 Å². The highest BCUT2D eigenvalue weighted by Crippen LogP contribution is 2.35. The van der Waals surface area contributed by atoms with Crippen LogP contribution in [0.4, 0.5) is 0 Å². The topological polar surface area (TPSA) is 98.9 Å². The van der Waals surface area contributed by atoms with Crippen molar-refractivity contribution in [1.82, 2.24) is 10.1 Å². The van der Waals surface area contributed by atoms with Gasteiger partial charge in [0, 0.05) is 18.2 Å². The number of aromatic nitrogens is 1. The fourth-order valence-electron chi connectivity index (χ4n) is 3.80. The van der Waals surface area contributed by atoms with Crippen LogP contribution < -0.4 is 4.74 Å². The van der Waals surface area contributed by atoms with Crippen LogP contribution in [0.5, 0.6) is 5.75 Å². The number of nitrogens with zero attached hydrogens (tertiary/aromatic N) is 2. The van der Waals surface area contributed by atoms with E-state index in [1.54, 1.807) is 13.2 Å². The molecule has 1 aliphatic carbocycles. The number of fused-ring (bicyclic) bond motifs is 1. The van der Waals surface area contributed by atoms with Gasteiger partial charge in [-0.3, -0.25) is 19.3 Å². The van der Waals surface area contributed by atoms with Gasteiger partial charge in [-0.2, -0.15) is 0 Å². The van der Waals surface area contributed by atoms with Crippen LogP contribution >= 0.6 is 0 Å². The van der Waals surface area contributed by atoms with Gasteiger partial charge in [0.25, 0.3) is 0 Å². The minimum atomic E-state index is -0.508. The summed E-state index contributed by atoms with van der Waals surface area (Å²) in [4.78, 5) is 38.1. The van der Waals surface area contributed by atoms with E-state index in [4.69, 9.17) is 14.0 Å². The molecule has 0 spiro atoms. The summed E-state index contributed by atoms with van der Waals surface area (Å²) >= 11 is 0. The fourth-order valence-corrected chi connectivity index (χ4v) is 3.80. The molecule has 0 bridgehead atoms. The highest BCUT2D eigenvalue weighted by Gasteiger charge is 2.46. The summed E-state index contributed by atoms with van der Waals surface area (Å²) in [5.41, 5.74) is 1.47. The van der Waals surface area contributed by atoms with Crippen molar-refractivity contribution in [2.24, 2.45) is 11.8 Å². The first-order valence-corrected chi connectivity index (χ1v) is 9.82. The van der Waals surface area contributed by atoms with Gasteiger partial charge < -0.3 is 14.0 Å². The molecular weight excluding hydrogens is 388 g/mol. The number of hydrogen-bond donors (Lipinski definition) is 0. The van der Waals surface area contributed by atoms with Gasteiger partial charge in [0.05, 0.1) is 25.4 Å². The molecule has 1 saturated heterocycles. The largest absolute Gasteiger partial charge is 0.497 e. The van der Waals surface area contributed by atoms with Gasteiger partial charge in [-0.15, -0.1) is 0 Å². The van der Waals surface area contributed by atoms with E-state index in [0.717, 1.165) is 11.3 Å². The second-order valence-electron chi connectivity index (χ2n) is 7.30. The molecule has 0 saturated carbocycles. The first kappa shape index (κ1) is 19.9. The molecule has 2 aromatic rings. The molecule has 8 nitrogen and oxygen atoms in total. The van der Waals surface area contributed by atoms with Crippen LogP contribution in [-0.2, 0) is 25.7 Å². The number of esters is 1. The molecule has 1 aliphatic heterocycles. The molecule has 2 atom stereocenters. The Morgan fingerprint density at radius 2 is 1.80 bits per heavy atom. The van der Waals surface area contributed by atoms with Crippen LogP contribution in [0.3, 0.4) is 0 Å². The highest BCUT2D eigenvalue weighted by atomic mass is 16.5. The molecule has 8 heteroatoms. The van der Waals surface area contributed by atoms with Crippen LogP contribution in [-0.4, -0.2) is 41.5 Å². The molecule has 0 N–H and O–H groups in total. The SMILES string of the molecule is COc1ccc(-c2cc(COC(=O)CCN3C(=O)[C@@H]4CC=CC[C@H]4C3=O)on2)cc1. The summed E-state index contributed by atoms with van der Waals surface area (Å²) in [6, 6.07) is 9.03. The number of carbonyl (C=O) groups excluding carboxylic acids is 3. The Hall–Kier alpha value is -3.42. The molecule has 2 aliphatic rings. The van der Waals surface area contributed by atoms with E-state index < -0.39 is 5.97 Å².